The van der Waals surface area contributed by atoms with Gasteiger partial charge in [0.2, 0.25) is 0 Å². The highest BCUT2D eigenvalue weighted by Gasteiger charge is 2.22. The van der Waals surface area contributed by atoms with Gasteiger partial charge in [0.25, 0.3) is 5.91 Å². The van der Waals surface area contributed by atoms with Gasteiger partial charge < -0.3 is 9.64 Å². The molecule has 0 aliphatic heterocycles. The normalized spacial score (nSPS) is 11.8. The van der Waals surface area contributed by atoms with E-state index in [1.807, 2.05) is 56.6 Å². The number of amides is 1. The van der Waals surface area contributed by atoms with Crippen LogP contribution in [0.2, 0.25) is 0 Å². The van der Waals surface area contributed by atoms with Crippen LogP contribution in [-0.4, -0.2) is 50.1 Å². The number of methoxy groups -OCH3 is 1. The van der Waals surface area contributed by atoms with Crippen LogP contribution in [0.25, 0.3) is 10.2 Å². The zero-order valence-electron chi connectivity index (χ0n) is 18.0. The second-order valence-electron chi connectivity index (χ2n) is 8.42. The molecule has 6 heteroatoms. The Morgan fingerprint density at radius 1 is 1.07 bits per heavy atom. The van der Waals surface area contributed by atoms with Gasteiger partial charge in [-0.2, -0.15) is 0 Å². The maximum absolute atomic E-state index is 13.4. The van der Waals surface area contributed by atoms with Crippen molar-refractivity contribution < 1.29 is 9.53 Å². The summed E-state index contributed by atoms with van der Waals surface area (Å²) in [5.41, 5.74) is 2.81. The van der Waals surface area contributed by atoms with Crippen LogP contribution in [0.15, 0.2) is 42.5 Å². The second-order valence-corrected chi connectivity index (χ2v) is 9.43. The molecule has 29 heavy (non-hydrogen) atoms. The van der Waals surface area contributed by atoms with Crippen LogP contribution in [0.5, 0.6) is 5.75 Å². The maximum Gasteiger partial charge on any atom is 0.260 e. The number of fused-ring (bicyclic) bond motifs is 1. The summed E-state index contributed by atoms with van der Waals surface area (Å²) in [5, 5.41) is 0.708. The summed E-state index contributed by atoms with van der Waals surface area (Å²) in [5.74, 6) is 0.759. The predicted octanol–water partition coefficient (Wildman–Crippen LogP) is 4.81. The number of carbonyl (C=O) groups excluding carboxylic acids is 1. The summed E-state index contributed by atoms with van der Waals surface area (Å²) in [6.07, 6.45) is 0. The maximum atomic E-state index is 13.4. The predicted molar refractivity (Wildman–Crippen MR) is 122 cm³/mol. The van der Waals surface area contributed by atoms with Crippen LogP contribution < -0.4 is 9.64 Å². The van der Waals surface area contributed by atoms with E-state index in [-0.39, 0.29) is 11.3 Å². The summed E-state index contributed by atoms with van der Waals surface area (Å²) in [6, 6.07) is 13.7. The number of rotatable bonds is 6. The van der Waals surface area contributed by atoms with Gasteiger partial charge in [0.15, 0.2) is 5.13 Å². The first kappa shape index (κ1) is 21.3. The highest BCUT2D eigenvalue weighted by molar-refractivity contribution is 7.22. The molecule has 154 valence electrons. The number of nitrogens with zero attached hydrogens (tertiary/aromatic N) is 3. The van der Waals surface area contributed by atoms with Crippen molar-refractivity contribution in [1.29, 1.82) is 0 Å². The van der Waals surface area contributed by atoms with E-state index in [2.05, 4.69) is 25.7 Å². The number of thiazole rings is 1. The number of hydrogen-bond acceptors (Lipinski definition) is 5. The van der Waals surface area contributed by atoms with Crippen molar-refractivity contribution in [3.63, 3.8) is 0 Å². The molecule has 1 aromatic heterocycles. The molecule has 0 saturated carbocycles. The lowest BCUT2D eigenvalue weighted by Gasteiger charge is -2.23. The lowest BCUT2D eigenvalue weighted by atomic mass is 9.86. The van der Waals surface area contributed by atoms with E-state index in [4.69, 9.17) is 9.72 Å². The van der Waals surface area contributed by atoms with Crippen molar-refractivity contribution in [3.05, 3.63) is 53.6 Å². The number of aromatic nitrogens is 1. The summed E-state index contributed by atoms with van der Waals surface area (Å²) < 4.78 is 6.32. The molecule has 0 saturated heterocycles. The Morgan fingerprint density at radius 3 is 2.34 bits per heavy atom. The van der Waals surface area contributed by atoms with Crippen molar-refractivity contribution in [3.8, 4) is 5.75 Å². The fraction of sp³-hybridized carbons (Fsp3) is 0.391. The largest absolute Gasteiger partial charge is 0.497 e. The van der Waals surface area contributed by atoms with Crippen molar-refractivity contribution >= 4 is 32.6 Å². The molecule has 1 amide bonds. The smallest absolute Gasteiger partial charge is 0.260 e. The molecule has 0 fully saturated rings. The Bertz CT molecular complexity index is 988. The van der Waals surface area contributed by atoms with E-state index in [0.29, 0.717) is 17.2 Å². The zero-order chi connectivity index (χ0) is 21.2. The highest BCUT2D eigenvalue weighted by Crippen LogP contribution is 2.32. The van der Waals surface area contributed by atoms with Gasteiger partial charge in [-0.05, 0) is 55.4 Å². The van der Waals surface area contributed by atoms with E-state index in [1.165, 1.54) is 16.9 Å². The van der Waals surface area contributed by atoms with E-state index in [9.17, 15) is 4.79 Å². The van der Waals surface area contributed by atoms with Crippen molar-refractivity contribution in [2.24, 2.45) is 0 Å². The molecule has 3 rings (SSSR count). The molecule has 2 aromatic carbocycles. The first-order chi connectivity index (χ1) is 13.7. The Morgan fingerprint density at radius 2 is 1.76 bits per heavy atom. The Balaban J connectivity index is 1.95. The zero-order valence-corrected chi connectivity index (χ0v) is 18.8. The fourth-order valence-electron chi connectivity index (χ4n) is 2.99. The van der Waals surface area contributed by atoms with Crippen molar-refractivity contribution in [2.75, 3.05) is 39.2 Å². The van der Waals surface area contributed by atoms with Gasteiger partial charge in [0, 0.05) is 18.7 Å². The number of benzene rings is 2. The molecule has 0 spiro atoms. The minimum atomic E-state index is -0.0293. The van der Waals surface area contributed by atoms with Gasteiger partial charge in [0.05, 0.1) is 17.3 Å². The molecule has 0 bridgehead atoms. The van der Waals surface area contributed by atoms with Gasteiger partial charge in [-0.3, -0.25) is 9.69 Å². The first-order valence-corrected chi connectivity index (χ1v) is 10.5. The highest BCUT2D eigenvalue weighted by atomic mass is 32.1. The van der Waals surface area contributed by atoms with Crippen LogP contribution in [0.4, 0.5) is 5.13 Å². The Labute approximate surface area is 176 Å². The molecule has 0 unspecified atom stereocenters. The van der Waals surface area contributed by atoms with Crippen LogP contribution in [0.1, 0.15) is 36.7 Å². The van der Waals surface area contributed by atoms with Gasteiger partial charge >= 0.3 is 0 Å². The lowest BCUT2D eigenvalue weighted by molar-refractivity contribution is 0.0985. The summed E-state index contributed by atoms with van der Waals surface area (Å²) >= 11 is 1.51. The molecule has 0 aliphatic rings. The van der Waals surface area contributed by atoms with Gasteiger partial charge in [0.1, 0.15) is 5.75 Å². The first-order valence-electron chi connectivity index (χ1n) is 9.71. The molecule has 0 N–H and O–H groups in total. The third-order valence-corrected chi connectivity index (χ3v) is 5.87. The van der Waals surface area contributed by atoms with Crippen molar-refractivity contribution in [2.45, 2.75) is 26.2 Å². The van der Waals surface area contributed by atoms with Crippen molar-refractivity contribution in [1.82, 2.24) is 9.88 Å². The Hall–Kier alpha value is -2.44. The molecular formula is C23H29N3O2S. The average Bonchev–Trinajstić information content (AvgIpc) is 3.09. The monoisotopic (exact) mass is 411 g/mol. The molecule has 0 aliphatic carbocycles. The number of anilines is 1. The van der Waals surface area contributed by atoms with E-state index < -0.39 is 0 Å². The van der Waals surface area contributed by atoms with E-state index in [1.54, 1.807) is 12.0 Å². The minimum Gasteiger partial charge on any atom is -0.497 e. The molecule has 0 atom stereocenters. The second kappa shape index (κ2) is 8.51. The van der Waals surface area contributed by atoms with Crippen LogP contribution >= 0.6 is 11.3 Å². The summed E-state index contributed by atoms with van der Waals surface area (Å²) in [7, 11) is 5.66. The lowest BCUT2D eigenvalue weighted by Crippen LogP contribution is -2.36. The third-order valence-electron chi connectivity index (χ3n) is 4.83. The summed E-state index contributed by atoms with van der Waals surface area (Å²) in [4.78, 5) is 21.9. The van der Waals surface area contributed by atoms with E-state index in [0.717, 1.165) is 22.5 Å². The van der Waals surface area contributed by atoms with Crippen LogP contribution in [0.3, 0.4) is 0 Å². The van der Waals surface area contributed by atoms with Gasteiger partial charge in [-0.1, -0.05) is 44.2 Å². The number of ether oxygens (including phenoxy) is 1. The van der Waals surface area contributed by atoms with E-state index >= 15 is 0 Å². The summed E-state index contributed by atoms with van der Waals surface area (Å²) in [6.45, 7) is 7.84. The topological polar surface area (TPSA) is 45.7 Å². The molecule has 1 heterocycles. The molecule has 0 radical (unpaired) electrons. The van der Waals surface area contributed by atoms with Crippen LogP contribution in [-0.2, 0) is 5.41 Å². The molecule has 5 nitrogen and oxygen atoms in total. The van der Waals surface area contributed by atoms with Gasteiger partial charge in [-0.15, -0.1) is 0 Å². The molecular weight excluding hydrogens is 382 g/mol. The molecule has 3 aromatic rings. The number of likely N-dealkylation sites (N-methyl/N-ethyl adjacent to an activating group) is 1. The fourth-order valence-corrected chi connectivity index (χ4v) is 4.01. The van der Waals surface area contributed by atoms with Crippen LogP contribution in [0, 0.1) is 0 Å². The van der Waals surface area contributed by atoms with Gasteiger partial charge in [-0.25, -0.2) is 4.98 Å². The minimum absolute atomic E-state index is 0.0293. The standard InChI is InChI=1S/C23H29N3O2S/c1-23(2,3)17-9-7-16(8-10-17)21(27)26(14-13-25(4)5)22-24-19-12-11-18(28-6)15-20(19)29-22/h7-12,15H,13-14H2,1-6H3. The number of carbonyl (C=O) groups is 1. The Kier molecular flexibility index (Phi) is 6.24. The quantitative estimate of drug-likeness (QED) is 0.584. The average molecular weight is 412 g/mol. The third kappa shape index (κ3) is 4.95. The SMILES string of the molecule is COc1ccc2nc(N(CCN(C)C)C(=O)c3ccc(C(C)(C)C)cc3)sc2c1. The number of hydrogen-bond donors (Lipinski definition) is 0.